The molecule has 1 fully saturated rings. The van der Waals surface area contributed by atoms with Crippen molar-refractivity contribution in [1.29, 1.82) is 0 Å². The van der Waals surface area contributed by atoms with E-state index in [2.05, 4.69) is 47.1 Å². The molecule has 4 heteroatoms. The summed E-state index contributed by atoms with van der Waals surface area (Å²) in [4.78, 5) is 9.04. The van der Waals surface area contributed by atoms with Gasteiger partial charge in [-0.2, -0.15) is 0 Å². The summed E-state index contributed by atoms with van der Waals surface area (Å²) >= 11 is 0. The van der Waals surface area contributed by atoms with Crippen molar-refractivity contribution in [2.24, 2.45) is 0 Å². The Labute approximate surface area is 132 Å². The van der Waals surface area contributed by atoms with Crippen LogP contribution in [0.25, 0.3) is 0 Å². The van der Waals surface area contributed by atoms with Crippen LogP contribution in [0.1, 0.15) is 23.5 Å². The lowest BCUT2D eigenvalue weighted by molar-refractivity contribution is 0.168. The Morgan fingerprint density at radius 2 is 2.00 bits per heavy atom. The van der Waals surface area contributed by atoms with Crippen LogP contribution in [0.5, 0.6) is 0 Å². The van der Waals surface area contributed by atoms with E-state index in [-0.39, 0.29) is 0 Å². The summed E-state index contributed by atoms with van der Waals surface area (Å²) in [5, 5.41) is 0. The molecule has 0 aliphatic carbocycles. The van der Waals surface area contributed by atoms with Crippen LogP contribution < -0.4 is 0 Å². The quantitative estimate of drug-likeness (QED) is 0.850. The Morgan fingerprint density at radius 1 is 1.23 bits per heavy atom. The number of likely N-dealkylation sites (N-methyl/N-ethyl adjacent to an activating group) is 1. The van der Waals surface area contributed by atoms with Gasteiger partial charge in [0.1, 0.15) is 11.5 Å². The van der Waals surface area contributed by atoms with Crippen molar-refractivity contribution in [3.05, 3.63) is 53.7 Å². The first-order valence-corrected chi connectivity index (χ1v) is 7.98. The van der Waals surface area contributed by atoms with Gasteiger partial charge in [0.25, 0.3) is 0 Å². The monoisotopic (exact) mass is 299 g/mol. The van der Waals surface area contributed by atoms with E-state index >= 15 is 0 Å². The number of hydrogen-bond donors (Lipinski definition) is 0. The summed E-state index contributed by atoms with van der Waals surface area (Å²) < 4.78 is 5.77. The fourth-order valence-electron chi connectivity index (χ4n) is 3.49. The predicted molar refractivity (Wildman–Crippen MR) is 87.7 cm³/mol. The van der Waals surface area contributed by atoms with Crippen molar-refractivity contribution in [3.63, 3.8) is 0 Å². The van der Waals surface area contributed by atoms with Gasteiger partial charge in [0, 0.05) is 31.0 Å². The molecule has 2 aromatic heterocycles. The fraction of sp³-hybridized carbons (Fsp3) is 0.500. The molecule has 1 aliphatic heterocycles. The molecular formula is C18H25N3O. The van der Waals surface area contributed by atoms with E-state index in [4.69, 9.17) is 4.42 Å². The molecule has 4 nitrogen and oxygen atoms in total. The van der Waals surface area contributed by atoms with Crippen molar-refractivity contribution >= 4 is 0 Å². The van der Waals surface area contributed by atoms with E-state index in [0.717, 1.165) is 31.0 Å². The number of rotatable bonds is 5. The highest BCUT2D eigenvalue weighted by Crippen LogP contribution is 2.26. The second-order valence-electron chi connectivity index (χ2n) is 6.43. The topological polar surface area (TPSA) is 32.5 Å². The molecule has 2 atom stereocenters. The number of furan rings is 1. The Morgan fingerprint density at radius 3 is 2.64 bits per heavy atom. The van der Waals surface area contributed by atoms with Crippen molar-refractivity contribution in [2.75, 3.05) is 20.6 Å². The molecule has 0 N–H and O–H groups in total. The normalized spacial score (nSPS) is 22.5. The van der Waals surface area contributed by atoms with Gasteiger partial charge in [-0.25, -0.2) is 0 Å². The van der Waals surface area contributed by atoms with Crippen molar-refractivity contribution in [1.82, 2.24) is 14.8 Å². The molecule has 1 aliphatic rings. The molecular weight excluding hydrogens is 274 g/mol. The van der Waals surface area contributed by atoms with Gasteiger partial charge in [0.05, 0.1) is 6.54 Å². The SMILES string of the molecule is Cc1ccc(CN2CC[C@@H](N(C)C)[C@@H]2Cc2ccncc2)o1. The molecule has 1 saturated heterocycles. The van der Waals surface area contributed by atoms with Gasteiger partial charge >= 0.3 is 0 Å². The number of likely N-dealkylation sites (tertiary alicyclic amines) is 1. The summed E-state index contributed by atoms with van der Waals surface area (Å²) in [6.07, 6.45) is 6.04. The van der Waals surface area contributed by atoms with Gasteiger partial charge < -0.3 is 9.32 Å². The molecule has 0 saturated carbocycles. The second-order valence-corrected chi connectivity index (χ2v) is 6.43. The Bertz CT molecular complexity index is 593. The molecule has 0 aromatic carbocycles. The molecule has 0 bridgehead atoms. The smallest absolute Gasteiger partial charge is 0.118 e. The minimum Gasteiger partial charge on any atom is -0.465 e. The minimum atomic E-state index is 0.516. The maximum absolute atomic E-state index is 5.77. The van der Waals surface area contributed by atoms with Crippen LogP contribution in [-0.4, -0.2) is 47.5 Å². The highest BCUT2D eigenvalue weighted by atomic mass is 16.3. The molecule has 0 radical (unpaired) electrons. The first kappa shape index (κ1) is 15.3. The van der Waals surface area contributed by atoms with Crippen molar-refractivity contribution < 1.29 is 4.42 Å². The van der Waals surface area contributed by atoms with E-state index < -0.39 is 0 Å². The molecule has 0 spiro atoms. The first-order chi connectivity index (χ1) is 10.6. The average Bonchev–Trinajstić information content (AvgIpc) is 3.08. The number of pyridine rings is 1. The average molecular weight is 299 g/mol. The highest BCUT2D eigenvalue weighted by Gasteiger charge is 2.35. The van der Waals surface area contributed by atoms with Crippen LogP contribution in [-0.2, 0) is 13.0 Å². The molecule has 0 amide bonds. The highest BCUT2D eigenvalue weighted by molar-refractivity contribution is 5.14. The van der Waals surface area contributed by atoms with Gasteiger partial charge in [-0.05, 0) is 63.7 Å². The lowest BCUT2D eigenvalue weighted by Gasteiger charge is -2.31. The van der Waals surface area contributed by atoms with E-state index in [1.54, 1.807) is 0 Å². The van der Waals surface area contributed by atoms with E-state index in [1.807, 2.05) is 25.4 Å². The van der Waals surface area contributed by atoms with Gasteiger partial charge in [-0.15, -0.1) is 0 Å². The van der Waals surface area contributed by atoms with Gasteiger partial charge in [0.2, 0.25) is 0 Å². The summed E-state index contributed by atoms with van der Waals surface area (Å²) in [6, 6.07) is 9.50. The van der Waals surface area contributed by atoms with E-state index in [0.29, 0.717) is 12.1 Å². The Kier molecular flexibility index (Phi) is 4.60. The zero-order valence-electron chi connectivity index (χ0n) is 13.7. The molecule has 3 heterocycles. The number of aryl methyl sites for hydroxylation is 1. The van der Waals surface area contributed by atoms with Crippen LogP contribution in [0.2, 0.25) is 0 Å². The summed E-state index contributed by atoms with van der Waals surface area (Å²) in [6.45, 7) is 4.02. The third kappa shape index (κ3) is 3.39. The second kappa shape index (κ2) is 6.63. The summed E-state index contributed by atoms with van der Waals surface area (Å²) in [5.41, 5.74) is 1.36. The van der Waals surface area contributed by atoms with Crippen LogP contribution in [0.4, 0.5) is 0 Å². The lowest BCUT2D eigenvalue weighted by Crippen LogP contribution is -2.43. The van der Waals surface area contributed by atoms with Crippen LogP contribution in [0, 0.1) is 6.92 Å². The van der Waals surface area contributed by atoms with Gasteiger partial charge in [-0.3, -0.25) is 9.88 Å². The summed E-state index contributed by atoms with van der Waals surface area (Å²) in [7, 11) is 4.37. The van der Waals surface area contributed by atoms with Crippen LogP contribution in [0.3, 0.4) is 0 Å². The fourth-order valence-corrected chi connectivity index (χ4v) is 3.49. The number of nitrogens with zero attached hydrogens (tertiary/aromatic N) is 3. The minimum absolute atomic E-state index is 0.516. The van der Waals surface area contributed by atoms with Crippen LogP contribution in [0.15, 0.2) is 41.1 Å². The zero-order chi connectivity index (χ0) is 15.5. The predicted octanol–water partition coefficient (Wildman–Crippen LogP) is 2.73. The molecule has 22 heavy (non-hydrogen) atoms. The standard InChI is InChI=1S/C18H25N3O/c1-14-4-5-16(22-14)13-21-11-8-17(20(2)3)18(21)12-15-6-9-19-10-7-15/h4-7,9-10,17-18H,8,11-13H2,1-3H3/t17-,18+/m1/s1. The molecule has 0 unspecified atom stereocenters. The zero-order valence-corrected chi connectivity index (χ0v) is 13.7. The number of aromatic nitrogens is 1. The Hall–Kier alpha value is -1.65. The van der Waals surface area contributed by atoms with Gasteiger partial charge in [-0.1, -0.05) is 0 Å². The van der Waals surface area contributed by atoms with Crippen molar-refractivity contribution in [2.45, 2.75) is 38.4 Å². The lowest BCUT2D eigenvalue weighted by atomic mass is 10.00. The maximum atomic E-state index is 5.77. The molecule has 3 rings (SSSR count). The number of hydrogen-bond acceptors (Lipinski definition) is 4. The Balaban J connectivity index is 1.76. The third-order valence-corrected chi connectivity index (χ3v) is 4.64. The summed E-state index contributed by atoms with van der Waals surface area (Å²) in [5.74, 6) is 2.06. The third-order valence-electron chi connectivity index (χ3n) is 4.64. The first-order valence-electron chi connectivity index (χ1n) is 7.98. The molecule has 118 valence electrons. The van der Waals surface area contributed by atoms with Crippen LogP contribution >= 0.6 is 0 Å². The van der Waals surface area contributed by atoms with E-state index in [9.17, 15) is 0 Å². The van der Waals surface area contributed by atoms with Gasteiger partial charge in [0.15, 0.2) is 0 Å². The maximum Gasteiger partial charge on any atom is 0.118 e. The van der Waals surface area contributed by atoms with E-state index in [1.165, 1.54) is 12.0 Å². The largest absolute Gasteiger partial charge is 0.465 e. The van der Waals surface area contributed by atoms with Crippen molar-refractivity contribution in [3.8, 4) is 0 Å². The molecule has 2 aromatic rings.